The average Bonchev–Trinajstić information content (AvgIpc) is 2.66. The van der Waals surface area contributed by atoms with E-state index in [0.717, 1.165) is 0 Å². The second-order valence-electron chi connectivity index (χ2n) is 6.58. The molecular weight excluding hydrogens is 474 g/mol. The number of rotatable bonds is 7. The highest BCUT2D eigenvalue weighted by Gasteiger charge is 2.27. The maximum absolute atomic E-state index is 12.5. The molecule has 0 aromatic heterocycles. The molecule has 0 saturated heterocycles. The van der Waals surface area contributed by atoms with E-state index in [9.17, 15) is 14.4 Å². The van der Waals surface area contributed by atoms with Gasteiger partial charge in [-0.05, 0) is 30.2 Å². The normalized spacial score (nSPS) is 11.7. The summed E-state index contributed by atoms with van der Waals surface area (Å²) in [5.74, 6) is -2.25. The van der Waals surface area contributed by atoms with E-state index in [0.29, 0.717) is 5.02 Å². The van der Waals surface area contributed by atoms with E-state index < -0.39 is 30.4 Å². The first-order valence-corrected chi connectivity index (χ1v) is 10.3. The van der Waals surface area contributed by atoms with Gasteiger partial charge >= 0.3 is 5.97 Å². The number of carbonyl (C=O) groups excluding carboxylic acids is 3. The molecule has 160 valence electrons. The average molecular weight is 492 g/mol. The molecule has 0 bridgehead atoms. The highest BCUT2D eigenvalue weighted by Crippen LogP contribution is 2.33. The Labute approximate surface area is 193 Å². The van der Waals surface area contributed by atoms with Crippen LogP contribution < -0.4 is 10.6 Å². The fourth-order valence-electron chi connectivity index (χ4n) is 2.43. The van der Waals surface area contributed by atoms with Crippen LogP contribution in [0.4, 0.5) is 5.69 Å². The van der Waals surface area contributed by atoms with E-state index in [-0.39, 0.29) is 32.2 Å². The molecule has 2 aromatic carbocycles. The Kier molecular flexibility index (Phi) is 8.79. The predicted octanol–water partition coefficient (Wildman–Crippen LogP) is 5.24. The van der Waals surface area contributed by atoms with Gasteiger partial charge in [-0.3, -0.25) is 9.59 Å². The van der Waals surface area contributed by atoms with Gasteiger partial charge in [-0.25, -0.2) is 4.79 Å². The molecule has 2 N–H and O–H groups in total. The van der Waals surface area contributed by atoms with Gasteiger partial charge in [0, 0.05) is 5.02 Å². The summed E-state index contributed by atoms with van der Waals surface area (Å²) in [5.41, 5.74) is 0.374. The number of amides is 2. The molecule has 1 atom stereocenters. The van der Waals surface area contributed by atoms with Crippen LogP contribution in [0.3, 0.4) is 0 Å². The van der Waals surface area contributed by atoms with E-state index in [1.54, 1.807) is 32.0 Å². The molecule has 0 saturated carbocycles. The molecule has 6 nitrogen and oxygen atoms in total. The van der Waals surface area contributed by atoms with Crippen molar-refractivity contribution >= 4 is 69.9 Å². The van der Waals surface area contributed by atoms with Gasteiger partial charge in [-0.15, -0.1) is 0 Å². The minimum atomic E-state index is -0.982. The molecule has 10 heteroatoms. The van der Waals surface area contributed by atoms with Gasteiger partial charge in [0.25, 0.3) is 11.8 Å². The monoisotopic (exact) mass is 490 g/mol. The fraction of sp³-hybridized carbons (Fsp3) is 0.250. The van der Waals surface area contributed by atoms with Gasteiger partial charge in [0.15, 0.2) is 6.61 Å². The van der Waals surface area contributed by atoms with Crippen molar-refractivity contribution in [2.45, 2.75) is 19.9 Å². The Morgan fingerprint density at radius 1 is 0.967 bits per heavy atom. The lowest BCUT2D eigenvalue weighted by molar-refractivity contribution is -0.150. The molecule has 0 spiro atoms. The van der Waals surface area contributed by atoms with Gasteiger partial charge in [0.2, 0.25) is 0 Å². The Morgan fingerprint density at radius 2 is 1.57 bits per heavy atom. The summed E-state index contributed by atoms with van der Waals surface area (Å²) in [6.45, 7) is 2.86. The van der Waals surface area contributed by atoms with Crippen LogP contribution in [0.1, 0.15) is 24.2 Å². The molecular formula is C20H18Cl4N2O4. The number of carbonyl (C=O) groups is 3. The van der Waals surface area contributed by atoms with Crippen LogP contribution in [0.15, 0.2) is 36.4 Å². The van der Waals surface area contributed by atoms with Crippen molar-refractivity contribution in [1.82, 2.24) is 5.32 Å². The van der Waals surface area contributed by atoms with E-state index in [1.165, 1.54) is 18.2 Å². The largest absolute Gasteiger partial charge is 0.454 e. The van der Waals surface area contributed by atoms with E-state index >= 15 is 0 Å². The zero-order valence-corrected chi connectivity index (χ0v) is 19.0. The van der Waals surface area contributed by atoms with Gasteiger partial charge in [-0.2, -0.15) is 0 Å². The lowest BCUT2D eigenvalue weighted by Crippen LogP contribution is -2.46. The number of ether oxygens (including phenoxy) is 1. The topological polar surface area (TPSA) is 84.5 Å². The number of anilines is 1. The smallest absolute Gasteiger partial charge is 0.329 e. The van der Waals surface area contributed by atoms with Crippen LogP contribution in [0, 0.1) is 5.92 Å². The number of hydrogen-bond donors (Lipinski definition) is 2. The highest BCUT2D eigenvalue weighted by molar-refractivity contribution is 6.42. The molecule has 30 heavy (non-hydrogen) atoms. The number of benzene rings is 2. The highest BCUT2D eigenvalue weighted by atomic mass is 35.5. The maximum Gasteiger partial charge on any atom is 0.329 e. The molecule has 0 radical (unpaired) electrons. The zero-order chi connectivity index (χ0) is 22.4. The number of halogens is 4. The van der Waals surface area contributed by atoms with Gasteiger partial charge in [0.05, 0.1) is 26.3 Å². The van der Waals surface area contributed by atoms with Crippen molar-refractivity contribution in [2.75, 3.05) is 11.9 Å². The third-order valence-electron chi connectivity index (χ3n) is 3.94. The molecule has 0 unspecified atom stereocenters. The Bertz CT molecular complexity index is 943. The van der Waals surface area contributed by atoms with Crippen LogP contribution in [0.25, 0.3) is 0 Å². The van der Waals surface area contributed by atoms with Crippen LogP contribution in [-0.2, 0) is 14.3 Å². The Hall–Kier alpha value is -1.99. The first-order valence-electron chi connectivity index (χ1n) is 8.76. The minimum Gasteiger partial charge on any atom is -0.454 e. The summed E-state index contributed by atoms with van der Waals surface area (Å²) in [5, 5.41) is 5.88. The second-order valence-corrected chi connectivity index (χ2v) is 8.23. The fourth-order valence-corrected chi connectivity index (χ4v) is 3.56. The van der Waals surface area contributed by atoms with Crippen LogP contribution in [0.2, 0.25) is 20.1 Å². The molecule has 0 aliphatic heterocycles. The molecule has 2 amide bonds. The quantitative estimate of drug-likeness (QED) is 0.519. The predicted molar refractivity (Wildman–Crippen MR) is 119 cm³/mol. The van der Waals surface area contributed by atoms with Crippen LogP contribution in [0.5, 0.6) is 0 Å². The number of nitrogens with one attached hydrogen (secondary N) is 2. The molecule has 0 fully saturated rings. The summed E-state index contributed by atoms with van der Waals surface area (Å²) < 4.78 is 5.06. The molecule has 2 aromatic rings. The van der Waals surface area contributed by atoms with Crippen molar-refractivity contribution in [1.29, 1.82) is 0 Å². The lowest BCUT2D eigenvalue weighted by Gasteiger charge is -2.21. The standard InChI is InChI=1S/C20H18Cl4N2O4/c1-10(2)17(26-19(28)12-5-3-4-6-13(12)22)20(29)30-9-16(27)25-18-14(23)7-11(21)8-15(18)24/h3-8,10,17H,9H2,1-2H3,(H,25,27)(H,26,28)/t17-/m0/s1. The van der Waals surface area contributed by atoms with Gasteiger partial charge in [-0.1, -0.05) is 72.4 Å². The molecule has 0 aliphatic carbocycles. The molecule has 0 heterocycles. The van der Waals surface area contributed by atoms with Crippen LogP contribution >= 0.6 is 46.4 Å². The molecule has 0 aliphatic rings. The van der Waals surface area contributed by atoms with Crippen molar-refractivity contribution < 1.29 is 19.1 Å². The van der Waals surface area contributed by atoms with Crippen LogP contribution in [-0.4, -0.2) is 30.4 Å². The minimum absolute atomic E-state index is 0.138. The first-order chi connectivity index (χ1) is 14.1. The third-order valence-corrected chi connectivity index (χ3v) is 5.09. The second kappa shape index (κ2) is 10.9. The SMILES string of the molecule is CC(C)[C@H](NC(=O)c1ccccc1Cl)C(=O)OCC(=O)Nc1c(Cl)cc(Cl)cc1Cl. The van der Waals surface area contributed by atoms with Crippen molar-refractivity contribution in [3.8, 4) is 0 Å². The lowest BCUT2D eigenvalue weighted by atomic mass is 10.0. The summed E-state index contributed by atoms with van der Waals surface area (Å²) >= 11 is 23.9. The number of esters is 1. The van der Waals surface area contributed by atoms with E-state index in [1.807, 2.05) is 0 Å². The zero-order valence-electron chi connectivity index (χ0n) is 16.0. The van der Waals surface area contributed by atoms with Crippen molar-refractivity contribution in [2.24, 2.45) is 5.92 Å². The third kappa shape index (κ3) is 6.51. The van der Waals surface area contributed by atoms with Crippen molar-refractivity contribution in [3.63, 3.8) is 0 Å². The van der Waals surface area contributed by atoms with Crippen molar-refractivity contribution in [3.05, 3.63) is 62.1 Å². The van der Waals surface area contributed by atoms with Gasteiger partial charge in [0.1, 0.15) is 6.04 Å². The summed E-state index contributed by atoms with van der Waals surface area (Å²) in [6.07, 6.45) is 0. The Morgan fingerprint density at radius 3 is 2.13 bits per heavy atom. The summed E-state index contributed by atoms with van der Waals surface area (Å²) in [7, 11) is 0. The van der Waals surface area contributed by atoms with E-state index in [2.05, 4.69) is 10.6 Å². The number of hydrogen-bond acceptors (Lipinski definition) is 4. The maximum atomic E-state index is 12.5. The van der Waals surface area contributed by atoms with Gasteiger partial charge < -0.3 is 15.4 Å². The Balaban J connectivity index is 1.99. The molecule has 2 rings (SSSR count). The summed E-state index contributed by atoms with van der Waals surface area (Å²) in [4.78, 5) is 37.0. The summed E-state index contributed by atoms with van der Waals surface area (Å²) in [6, 6.07) is 8.28. The first kappa shape index (κ1) is 24.3. The van der Waals surface area contributed by atoms with E-state index in [4.69, 9.17) is 51.1 Å².